The lowest BCUT2D eigenvalue weighted by Crippen LogP contribution is -2.37. The Labute approximate surface area is 106 Å². The van der Waals surface area contributed by atoms with E-state index in [-0.39, 0.29) is 5.91 Å². The first-order chi connectivity index (χ1) is 8.20. The van der Waals surface area contributed by atoms with Gasteiger partial charge in [0.1, 0.15) is 5.75 Å². The number of hydrogen-bond acceptors (Lipinski definition) is 3. The minimum absolute atomic E-state index is 0.170. The van der Waals surface area contributed by atoms with Crippen LogP contribution in [-0.2, 0) is 4.79 Å². The van der Waals surface area contributed by atoms with E-state index in [1.807, 2.05) is 28.8 Å². The number of ether oxygens (including phenoxy) is 1. The molecule has 92 valence electrons. The van der Waals surface area contributed by atoms with Crippen LogP contribution in [0, 0.1) is 0 Å². The molecule has 1 saturated heterocycles. The van der Waals surface area contributed by atoms with Crippen LogP contribution in [-0.4, -0.2) is 36.8 Å². The molecular weight excluding hydrogens is 234 g/mol. The molecule has 0 radical (unpaired) electrons. The second kappa shape index (κ2) is 5.45. The van der Waals surface area contributed by atoms with Gasteiger partial charge in [0.05, 0.1) is 7.11 Å². The van der Waals surface area contributed by atoms with Gasteiger partial charge in [0, 0.05) is 31.0 Å². The third kappa shape index (κ3) is 2.94. The lowest BCUT2D eigenvalue weighted by atomic mass is 10.1. The SMILES string of the molecule is COc1ccc(C2CN(C(C)=O)CCS2)cc1. The molecule has 0 saturated carbocycles. The molecule has 1 aliphatic heterocycles. The number of hydrogen-bond donors (Lipinski definition) is 0. The van der Waals surface area contributed by atoms with E-state index < -0.39 is 0 Å². The van der Waals surface area contributed by atoms with Gasteiger partial charge < -0.3 is 9.64 Å². The molecule has 0 aromatic heterocycles. The maximum absolute atomic E-state index is 11.4. The highest BCUT2D eigenvalue weighted by Crippen LogP contribution is 2.33. The predicted molar refractivity (Wildman–Crippen MR) is 70.4 cm³/mol. The molecule has 0 bridgehead atoms. The van der Waals surface area contributed by atoms with Crippen LogP contribution in [0.1, 0.15) is 17.7 Å². The fourth-order valence-electron chi connectivity index (χ4n) is 1.96. The van der Waals surface area contributed by atoms with Gasteiger partial charge in [-0.1, -0.05) is 12.1 Å². The zero-order chi connectivity index (χ0) is 12.3. The average molecular weight is 251 g/mol. The summed E-state index contributed by atoms with van der Waals surface area (Å²) in [6, 6.07) is 8.12. The molecular formula is C13H17NO2S. The van der Waals surface area contributed by atoms with Gasteiger partial charge in [-0.05, 0) is 17.7 Å². The molecule has 17 heavy (non-hydrogen) atoms. The van der Waals surface area contributed by atoms with Crippen molar-refractivity contribution in [2.45, 2.75) is 12.2 Å². The van der Waals surface area contributed by atoms with Gasteiger partial charge in [0.15, 0.2) is 0 Å². The monoisotopic (exact) mass is 251 g/mol. The summed E-state index contributed by atoms with van der Waals surface area (Å²) >= 11 is 1.92. The Hall–Kier alpha value is -1.16. The number of benzene rings is 1. The Balaban J connectivity index is 2.08. The molecule has 1 aromatic carbocycles. The lowest BCUT2D eigenvalue weighted by molar-refractivity contribution is -0.128. The second-order valence-corrected chi connectivity index (χ2v) is 5.41. The van der Waals surface area contributed by atoms with E-state index in [9.17, 15) is 4.79 Å². The molecule has 1 aromatic rings. The number of carbonyl (C=O) groups excluding carboxylic acids is 1. The van der Waals surface area contributed by atoms with Crippen molar-refractivity contribution in [2.24, 2.45) is 0 Å². The third-order valence-corrected chi connectivity index (χ3v) is 4.24. The van der Waals surface area contributed by atoms with E-state index in [1.165, 1.54) is 5.56 Å². The van der Waals surface area contributed by atoms with E-state index in [4.69, 9.17) is 4.74 Å². The number of carbonyl (C=O) groups is 1. The molecule has 1 amide bonds. The van der Waals surface area contributed by atoms with Crippen molar-refractivity contribution in [3.8, 4) is 5.75 Å². The highest BCUT2D eigenvalue weighted by Gasteiger charge is 2.23. The number of nitrogens with zero attached hydrogens (tertiary/aromatic N) is 1. The molecule has 1 aliphatic rings. The van der Waals surface area contributed by atoms with Crippen molar-refractivity contribution >= 4 is 17.7 Å². The Morgan fingerprint density at radius 3 is 2.71 bits per heavy atom. The van der Waals surface area contributed by atoms with Crippen LogP contribution < -0.4 is 4.74 Å². The van der Waals surface area contributed by atoms with Crippen LogP contribution >= 0.6 is 11.8 Å². The third-order valence-electron chi connectivity index (χ3n) is 3.00. The van der Waals surface area contributed by atoms with Crippen molar-refractivity contribution in [2.75, 3.05) is 26.0 Å². The van der Waals surface area contributed by atoms with Gasteiger partial charge >= 0.3 is 0 Å². The van der Waals surface area contributed by atoms with Gasteiger partial charge in [-0.15, -0.1) is 0 Å². The minimum Gasteiger partial charge on any atom is -0.497 e. The van der Waals surface area contributed by atoms with Crippen molar-refractivity contribution in [1.29, 1.82) is 0 Å². The molecule has 4 heteroatoms. The highest BCUT2D eigenvalue weighted by atomic mass is 32.2. The first-order valence-corrected chi connectivity index (χ1v) is 6.76. The molecule has 1 atom stereocenters. The maximum atomic E-state index is 11.4. The standard InChI is InChI=1S/C13H17NO2S/c1-10(15)14-7-8-17-13(9-14)11-3-5-12(16-2)6-4-11/h3-6,13H,7-9H2,1-2H3. The molecule has 2 rings (SSSR count). The maximum Gasteiger partial charge on any atom is 0.219 e. The summed E-state index contributed by atoms with van der Waals surface area (Å²) in [6.45, 7) is 3.32. The molecule has 3 nitrogen and oxygen atoms in total. The summed E-state index contributed by atoms with van der Waals surface area (Å²) < 4.78 is 5.14. The first kappa shape index (κ1) is 12.3. The van der Waals surface area contributed by atoms with Crippen molar-refractivity contribution in [1.82, 2.24) is 4.90 Å². The summed E-state index contributed by atoms with van der Waals surface area (Å²) in [5.74, 6) is 2.05. The van der Waals surface area contributed by atoms with Crippen LogP contribution in [0.4, 0.5) is 0 Å². The van der Waals surface area contributed by atoms with Crippen LogP contribution in [0.15, 0.2) is 24.3 Å². The Kier molecular flexibility index (Phi) is 3.94. The molecule has 0 N–H and O–H groups in total. The van der Waals surface area contributed by atoms with Gasteiger partial charge in [0.2, 0.25) is 5.91 Å². The fourth-order valence-corrected chi connectivity index (χ4v) is 3.20. The summed E-state index contributed by atoms with van der Waals surface area (Å²) in [4.78, 5) is 13.3. The molecule has 0 spiro atoms. The molecule has 1 unspecified atom stereocenters. The number of thioether (sulfide) groups is 1. The lowest BCUT2D eigenvalue weighted by Gasteiger charge is -2.31. The minimum atomic E-state index is 0.170. The second-order valence-electron chi connectivity index (χ2n) is 4.10. The number of rotatable bonds is 2. The smallest absolute Gasteiger partial charge is 0.219 e. The normalized spacial score (nSPS) is 20.1. The van der Waals surface area contributed by atoms with E-state index in [2.05, 4.69) is 12.1 Å². The quantitative estimate of drug-likeness (QED) is 0.808. The Morgan fingerprint density at radius 1 is 1.41 bits per heavy atom. The van der Waals surface area contributed by atoms with Crippen LogP contribution in [0.2, 0.25) is 0 Å². The van der Waals surface area contributed by atoms with Gasteiger partial charge in [-0.3, -0.25) is 4.79 Å². The van der Waals surface area contributed by atoms with Crippen molar-refractivity contribution in [3.63, 3.8) is 0 Å². The van der Waals surface area contributed by atoms with Gasteiger partial charge in [-0.2, -0.15) is 11.8 Å². The topological polar surface area (TPSA) is 29.5 Å². The van der Waals surface area contributed by atoms with Crippen LogP contribution in [0.3, 0.4) is 0 Å². The summed E-state index contributed by atoms with van der Waals surface area (Å²) in [5.41, 5.74) is 1.27. The zero-order valence-electron chi connectivity index (χ0n) is 10.2. The molecule has 1 heterocycles. The summed E-state index contributed by atoms with van der Waals surface area (Å²) in [6.07, 6.45) is 0. The van der Waals surface area contributed by atoms with E-state index in [1.54, 1.807) is 14.0 Å². The highest BCUT2D eigenvalue weighted by molar-refractivity contribution is 7.99. The summed E-state index contributed by atoms with van der Waals surface area (Å²) in [7, 11) is 1.67. The average Bonchev–Trinajstić information content (AvgIpc) is 2.39. The van der Waals surface area contributed by atoms with E-state index >= 15 is 0 Å². The molecule has 0 aliphatic carbocycles. The van der Waals surface area contributed by atoms with Crippen LogP contribution in [0.25, 0.3) is 0 Å². The number of methoxy groups -OCH3 is 1. The largest absolute Gasteiger partial charge is 0.497 e. The Bertz CT molecular complexity index is 391. The fraction of sp³-hybridized carbons (Fsp3) is 0.462. The Morgan fingerprint density at radius 2 is 2.12 bits per heavy atom. The zero-order valence-corrected chi connectivity index (χ0v) is 11.0. The predicted octanol–water partition coefficient (Wildman–Crippen LogP) is 2.33. The van der Waals surface area contributed by atoms with Crippen molar-refractivity contribution in [3.05, 3.63) is 29.8 Å². The first-order valence-electron chi connectivity index (χ1n) is 5.72. The van der Waals surface area contributed by atoms with E-state index in [0.29, 0.717) is 5.25 Å². The van der Waals surface area contributed by atoms with Gasteiger partial charge in [-0.25, -0.2) is 0 Å². The number of amides is 1. The van der Waals surface area contributed by atoms with Crippen LogP contribution in [0.5, 0.6) is 5.75 Å². The molecule has 1 fully saturated rings. The van der Waals surface area contributed by atoms with Crippen molar-refractivity contribution < 1.29 is 9.53 Å². The van der Waals surface area contributed by atoms with E-state index in [0.717, 1.165) is 24.6 Å². The summed E-state index contributed by atoms with van der Waals surface area (Å²) in [5, 5.41) is 0.388. The van der Waals surface area contributed by atoms with Gasteiger partial charge in [0.25, 0.3) is 0 Å².